The first-order valence-corrected chi connectivity index (χ1v) is 11.6. The van der Waals surface area contributed by atoms with Gasteiger partial charge >= 0.3 is 0 Å². The molecule has 3 rings (SSSR count). The molecular formula is C21H26BrNO3S. The van der Waals surface area contributed by atoms with Crippen LogP contribution in [0.25, 0.3) is 0 Å². The molecule has 1 aliphatic heterocycles. The first-order chi connectivity index (χ1) is 12.7. The lowest BCUT2D eigenvalue weighted by Crippen LogP contribution is -2.41. The monoisotopic (exact) mass is 451 g/mol. The zero-order valence-electron chi connectivity index (χ0n) is 16.2. The van der Waals surface area contributed by atoms with E-state index in [2.05, 4.69) is 41.6 Å². The summed E-state index contributed by atoms with van der Waals surface area (Å²) < 4.78 is 33.0. The molecule has 0 aliphatic carbocycles. The molecule has 0 fully saturated rings. The molecule has 27 heavy (non-hydrogen) atoms. The molecule has 0 saturated heterocycles. The highest BCUT2D eigenvalue weighted by atomic mass is 79.9. The molecule has 2 aromatic rings. The van der Waals surface area contributed by atoms with Gasteiger partial charge in [-0.3, -0.25) is 0 Å². The Kier molecular flexibility index (Phi) is 5.59. The van der Waals surface area contributed by atoms with Crippen molar-refractivity contribution in [1.29, 1.82) is 0 Å². The van der Waals surface area contributed by atoms with Crippen molar-refractivity contribution in [3.63, 3.8) is 0 Å². The molecular weight excluding hydrogens is 426 g/mol. The number of nitrogens with zero attached hydrogens (tertiary/aromatic N) is 1. The van der Waals surface area contributed by atoms with Gasteiger partial charge in [-0.2, -0.15) is 0 Å². The van der Waals surface area contributed by atoms with Crippen LogP contribution in [-0.4, -0.2) is 27.8 Å². The van der Waals surface area contributed by atoms with Crippen molar-refractivity contribution >= 4 is 37.1 Å². The fraction of sp³-hybridized carbons (Fsp3) is 0.429. The van der Waals surface area contributed by atoms with Crippen LogP contribution in [0, 0.1) is 11.3 Å². The van der Waals surface area contributed by atoms with Crippen molar-refractivity contribution in [2.24, 2.45) is 11.3 Å². The first-order valence-electron chi connectivity index (χ1n) is 9.17. The smallest absolute Gasteiger partial charge is 0.181 e. The summed E-state index contributed by atoms with van der Waals surface area (Å²) in [6, 6.07) is 13.5. The lowest BCUT2D eigenvalue weighted by molar-refractivity contribution is 0.224. The lowest BCUT2D eigenvalue weighted by atomic mass is 9.76. The zero-order chi connectivity index (χ0) is 19.8. The topological polar surface area (TPSA) is 46.6 Å². The fourth-order valence-corrected chi connectivity index (χ4v) is 6.66. The van der Waals surface area contributed by atoms with Gasteiger partial charge in [-0.25, -0.2) is 8.42 Å². The molecule has 0 N–H and O–H groups in total. The van der Waals surface area contributed by atoms with Crippen LogP contribution in [0.1, 0.15) is 27.2 Å². The van der Waals surface area contributed by atoms with Crippen LogP contribution < -0.4 is 9.64 Å². The van der Waals surface area contributed by atoms with Crippen LogP contribution >= 0.6 is 15.9 Å². The third kappa shape index (κ3) is 3.61. The van der Waals surface area contributed by atoms with Gasteiger partial charge in [0.15, 0.2) is 9.84 Å². The molecule has 1 unspecified atom stereocenters. The Hall–Kier alpha value is -1.53. The van der Waals surface area contributed by atoms with E-state index in [-0.39, 0.29) is 17.1 Å². The number of halogens is 1. The van der Waals surface area contributed by atoms with Gasteiger partial charge in [0.1, 0.15) is 5.75 Å². The predicted molar refractivity (Wildman–Crippen MR) is 114 cm³/mol. The van der Waals surface area contributed by atoms with Crippen LogP contribution in [0.5, 0.6) is 5.75 Å². The standard InChI is InChI=1S/C21H26BrNO3S/c1-5-21(15(2)3)13-23(16-9-7-6-8-10-16)18-11-17(22)19(26-4)12-20(18)27(24,25)14-21/h6-12,15H,5,13-14H2,1-4H3. The maximum Gasteiger partial charge on any atom is 0.181 e. The molecule has 1 heterocycles. The normalized spacial score (nSPS) is 21.6. The number of rotatable bonds is 4. The summed E-state index contributed by atoms with van der Waals surface area (Å²) in [5.41, 5.74) is 1.35. The van der Waals surface area contributed by atoms with Crippen molar-refractivity contribution in [3.8, 4) is 5.75 Å². The van der Waals surface area contributed by atoms with E-state index < -0.39 is 9.84 Å². The van der Waals surface area contributed by atoms with Gasteiger partial charge in [0.2, 0.25) is 0 Å². The molecule has 0 aromatic heterocycles. The molecule has 0 amide bonds. The van der Waals surface area contributed by atoms with Gasteiger partial charge < -0.3 is 9.64 Å². The molecule has 0 saturated carbocycles. The van der Waals surface area contributed by atoms with Crippen LogP contribution in [0.3, 0.4) is 0 Å². The van der Waals surface area contributed by atoms with Crippen LogP contribution in [0.4, 0.5) is 11.4 Å². The first kappa shape index (κ1) is 20.2. The van der Waals surface area contributed by atoms with E-state index in [4.69, 9.17) is 4.74 Å². The maximum absolute atomic E-state index is 13.4. The predicted octanol–water partition coefficient (Wildman–Crippen LogP) is 5.44. The van der Waals surface area contributed by atoms with Gasteiger partial charge in [-0.05, 0) is 46.5 Å². The Morgan fingerprint density at radius 1 is 1.22 bits per heavy atom. The van der Waals surface area contributed by atoms with Gasteiger partial charge in [0.05, 0.1) is 27.9 Å². The number of ether oxygens (including phenoxy) is 1. The van der Waals surface area contributed by atoms with Gasteiger partial charge in [-0.1, -0.05) is 39.0 Å². The van der Waals surface area contributed by atoms with Crippen LogP contribution in [-0.2, 0) is 9.84 Å². The van der Waals surface area contributed by atoms with Crippen molar-refractivity contribution < 1.29 is 13.2 Å². The third-order valence-electron chi connectivity index (χ3n) is 5.81. The number of hydrogen-bond donors (Lipinski definition) is 0. The van der Waals surface area contributed by atoms with Gasteiger partial charge in [0.25, 0.3) is 0 Å². The summed E-state index contributed by atoms with van der Waals surface area (Å²) in [5, 5.41) is 0. The van der Waals surface area contributed by atoms with E-state index in [9.17, 15) is 8.42 Å². The van der Waals surface area contributed by atoms with Crippen molar-refractivity contribution in [2.75, 3.05) is 24.3 Å². The number of benzene rings is 2. The van der Waals surface area contributed by atoms with E-state index in [1.807, 2.05) is 36.4 Å². The molecule has 4 nitrogen and oxygen atoms in total. The molecule has 146 valence electrons. The van der Waals surface area contributed by atoms with Crippen LogP contribution in [0.2, 0.25) is 0 Å². The summed E-state index contributed by atoms with van der Waals surface area (Å²) in [7, 11) is -1.93. The number of sulfone groups is 1. The lowest BCUT2D eigenvalue weighted by Gasteiger charge is -2.39. The SMILES string of the molecule is CCC1(C(C)C)CN(c2ccccc2)c2cc(Br)c(OC)cc2S(=O)(=O)C1. The van der Waals surface area contributed by atoms with E-state index in [1.54, 1.807) is 13.2 Å². The highest BCUT2D eigenvalue weighted by Crippen LogP contribution is 2.47. The van der Waals surface area contributed by atoms with E-state index in [0.717, 1.165) is 16.6 Å². The minimum absolute atomic E-state index is 0.134. The average molecular weight is 452 g/mol. The van der Waals surface area contributed by atoms with E-state index >= 15 is 0 Å². The van der Waals surface area contributed by atoms with Crippen molar-refractivity contribution in [3.05, 3.63) is 46.9 Å². The third-order valence-corrected chi connectivity index (χ3v) is 8.38. The molecule has 0 radical (unpaired) electrons. The summed E-state index contributed by atoms with van der Waals surface area (Å²) in [6.45, 7) is 6.98. The molecule has 6 heteroatoms. The minimum atomic E-state index is -3.48. The molecule has 2 aromatic carbocycles. The van der Waals surface area contributed by atoms with Gasteiger partial charge in [0, 0.05) is 23.7 Å². The fourth-order valence-electron chi connectivity index (χ4n) is 3.85. The average Bonchev–Trinajstić information content (AvgIpc) is 2.74. The Morgan fingerprint density at radius 2 is 1.89 bits per heavy atom. The summed E-state index contributed by atoms with van der Waals surface area (Å²) >= 11 is 3.53. The molecule has 0 bridgehead atoms. The summed E-state index contributed by atoms with van der Waals surface area (Å²) in [5.74, 6) is 0.886. The molecule has 0 spiro atoms. The number of methoxy groups -OCH3 is 1. The Labute approximate surface area is 170 Å². The zero-order valence-corrected chi connectivity index (χ0v) is 18.6. The van der Waals surface area contributed by atoms with Crippen molar-refractivity contribution in [1.82, 2.24) is 0 Å². The second-order valence-electron chi connectivity index (χ2n) is 7.51. The van der Waals surface area contributed by atoms with E-state index in [0.29, 0.717) is 22.9 Å². The minimum Gasteiger partial charge on any atom is -0.496 e. The van der Waals surface area contributed by atoms with E-state index in [1.165, 1.54) is 0 Å². The molecule has 1 aliphatic rings. The Balaban J connectivity index is 2.32. The number of para-hydroxylation sites is 1. The number of hydrogen-bond acceptors (Lipinski definition) is 4. The molecule has 1 atom stereocenters. The summed E-state index contributed by atoms with van der Waals surface area (Å²) in [6.07, 6.45) is 0.791. The largest absolute Gasteiger partial charge is 0.496 e. The second kappa shape index (κ2) is 7.47. The quantitative estimate of drug-likeness (QED) is 0.620. The van der Waals surface area contributed by atoms with Crippen molar-refractivity contribution in [2.45, 2.75) is 32.1 Å². The maximum atomic E-state index is 13.4. The highest BCUT2D eigenvalue weighted by Gasteiger charge is 2.44. The Morgan fingerprint density at radius 3 is 2.44 bits per heavy atom. The summed E-state index contributed by atoms with van der Waals surface area (Å²) in [4.78, 5) is 2.48. The Bertz CT molecular complexity index is 928. The highest BCUT2D eigenvalue weighted by molar-refractivity contribution is 9.10. The number of fused-ring (bicyclic) bond motifs is 1. The van der Waals surface area contributed by atoms with Gasteiger partial charge in [-0.15, -0.1) is 0 Å². The second-order valence-corrected chi connectivity index (χ2v) is 10.3. The number of anilines is 2. The van der Waals surface area contributed by atoms with Crippen LogP contribution in [0.15, 0.2) is 51.8 Å².